The van der Waals surface area contributed by atoms with Crippen LogP contribution in [0.3, 0.4) is 0 Å². The first-order chi connectivity index (χ1) is 16.0. The molecule has 0 saturated carbocycles. The number of nitro benzene ring substituents is 1. The predicted molar refractivity (Wildman–Crippen MR) is 130 cm³/mol. The van der Waals surface area contributed by atoms with Crippen LogP contribution in [0.2, 0.25) is 0 Å². The Labute approximate surface area is 198 Å². The number of methoxy groups -OCH3 is 1. The highest BCUT2D eigenvalue weighted by Gasteiger charge is 2.28. The fraction of sp³-hybridized carbons (Fsp3) is 0.208. The van der Waals surface area contributed by atoms with Gasteiger partial charge >= 0.3 is 0 Å². The monoisotopic (exact) mass is 483 g/mol. The quantitative estimate of drug-likeness (QED) is 0.376. The van der Waals surface area contributed by atoms with Gasteiger partial charge in [-0.15, -0.1) is 0 Å². The highest BCUT2D eigenvalue weighted by Crippen LogP contribution is 2.30. The topological polar surface area (TPSA) is 119 Å². The number of carbonyl (C=O) groups excluding carboxylic acids is 1. The van der Waals surface area contributed by atoms with Crippen molar-refractivity contribution in [2.24, 2.45) is 0 Å². The number of nitrogens with zero attached hydrogens (tertiary/aromatic N) is 2. The molecule has 0 aromatic heterocycles. The summed E-state index contributed by atoms with van der Waals surface area (Å²) < 4.78 is 33.2. The number of hydrogen-bond donors (Lipinski definition) is 1. The first kappa shape index (κ1) is 24.7. The highest BCUT2D eigenvalue weighted by atomic mass is 32.2. The van der Waals surface area contributed by atoms with Crippen LogP contribution in [-0.4, -0.2) is 32.9 Å². The molecule has 0 unspecified atom stereocenters. The molecule has 9 nitrogen and oxygen atoms in total. The van der Waals surface area contributed by atoms with Gasteiger partial charge in [-0.3, -0.25) is 19.2 Å². The molecule has 0 aliphatic heterocycles. The maximum Gasteiger partial charge on any atom is 0.271 e. The SMILES string of the molecule is COc1ccc([N+](=O)[O-])cc1NC(=O)CN(c1ccc(C)c(C)c1)S(=O)(=O)c1ccc(C)cc1. The number of benzene rings is 3. The van der Waals surface area contributed by atoms with Gasteiger partial charge in [0.2, 0.25) is 5.91 Å². The number of rotatable bonds is 8. The van der Waals surface area contributed by atoms with Crippen molar-refractivity contribution < 1.29 is 22.9 Å². The number of nitro groups is 1. The lowest BCUT2D eigenvalue weighted by Crippen LogP contribution is -2.38. The van der Waals surface area contributed by atoms with Gasteiger partial charge in [0.05, 0.1) is 28.3 Å². The van der Waals surface area contributed by atoms with Crippen molar-refractivity contribution in [3.05, 3.63) is 87.5 Å². The van der Waals surface area contributed by atoms with Gasteiger partial charge in [0.1, 0.15) is 12.3 Å². The Morgan fingerprint density at radius 2 is 1.68 bits per heavy atom. The van der Waals surface area contributed by atoms with Crippen molar-refractivity contribution in [1.82, 2.24) is 0 Å². The van der Waals surface area contributed by atoms with Crippen molar-refractivity contribution >= 4 is 33.0 Å². The van der Waals surface area contributed by atoms with Crippen molar-refractivity contribution in [3.63, 3.8) is 0 Å². The van der Waals surface area contributed by atoms with E-state index in [0.717, 1.165) is 27.1 Å². The summed E-state index contributed by atoms with van der Waals surface area (Å²) in [5.41, 5.74) is 2.88. The summed E-state index contributed by atoms with van der Waals surface area (Å²) in [6.07, 6.45) is 0. The Morgan fingerprint density at radius 1 is 1.00 bits per heavy atom. The molecule has 3 aromatic carbocycles. The van der Waals surface area contributed by atoms with Crippen LogP contribution in [-0.2, 0) is 14.8 Å². The average molecular weight is 484 g/mol. The Kier molecular flexibility index (Phi) is 7.21. The van der Waals surface area contributed by atoms with E-state index < -0.39 is 27.4 Å². The van der Waals surface area contributed by atoms with E-state index in [1.54, 1.807) is 30.3 Å². The second-order valence-corrected chi connectivity index (χ2v) is 9.65. The maximum absolute atomic E-state index is 13.5. The van der Waals surface area contributed by atoms with E-state index in [9.17, 15) is 23.3 Å². The molecule has 0 bridgehead atoms. The fourth-order valence-electron chi connectivity index (χ4n) is 3.26. The third-order valence-corrected chi connectivity index (χ3v) is 7.13. The number of amides is 1. The molecule has 0 atom stereocenters. The molecular formula is C24H25N3O6S. The zero-order chi connectivity index (χ0) is 25.0. The Balaban J connectivity index is 2.00. The molecule has 0 aliphatic carbocycles. The van der Waals surface area contributed by atoms with E-state index in [1.807, 2.05) is 20.8 Å². The molecule has 0 radical (unpaired) electrons. The summed E-state index contributed by atoms with van der Waals surface area (Å²) in [6, 6.07) is 15.2. The minimum absolute atomic E-state index is 0.0389. The Bertz CT molecular complexity index is 1340. The van der Waals surface area contributed by atoms with E-state index in [-0.39, 0.29) is 22.0 Å². The molecule has 10 heteroatoms. The van der Waals surface area contributed by atoms with Crippen LogP contribution in [0.5, 0.6) is 5.75 Å². The van der Waals surface area contributed by atoms with Crippen LogP contribution in [0.25, 0.3) is 0 Å². The van der Waals surface area contributed by atoms with Gasteiger partial charge in [0.15, 0.2) is 0 Å². The van der Waals surface area contributed by atoms with E-state index >= 15 is 0 Å². The minimum atomic E-state index is -4.09. The fourth-order valence-corrected chi connectivity index (χ4v) is 4.67. The van der Waals surface area contributed by atoms with Crippen molar-refractivity contribution in [2.45, 2.75) is 25.7 Å². The van der Waals surface area contributed by atoms with Crippen molar-refractivity contribution in [1.29, 1.82) is 0 Å². The summed E-state index contributed by atoms with van der Waals surface area (Å²) in [6.45, 7) is 5.05. The number of non-ortho nitro benzene ring substituents is 1. The summed E-state index contributed by atoms with van der Waals surface area (Å²) in [7, 11) is -2.73. The van der Waals surface area contributed by atoms with Gasteiger partial charge in [0, 0.05) is 12.1 Å². The first-order valence-corrected chi connectivity index (χ1v) is 11.8. The normalized spacial score (nSPS) is 11.1. The smallest absolute Gasteiger partial charge is 0.271 e. The molecule has 1 amide bonds. The van der Waals surface area contributed by atoms with Crippen LogP contribution < -0.4 is 14.4 Å². The number of anilines is 2. The minimum Gasteiger partial charge on any atom is -0.495 e. The predicted octanol–water partition coefficient (Wildman–Crippen LogP) is 4.36. The Morgan fingerprint density at radius 3 is 2.26 bits per heavy atom. The lowest BCUT2D eigenvalue weighted by Gasteiger charge is -2.25. The number of sulfonamides is 1. The van der Waals surface area contributed by atoms with Crippen LogP contribution in [0, 0.1) is 30.9 Å². The summed E-state index contributed by atoms with van der Waals surface area (Å²) in [5.74, 6) is -0.481. The zero-order valence-electron chi connectivity index (χ0n) is 19.2. The second-order valence-electron chi connectivity index (χ2n) is 7.78. The molecule has 3 rings (SSSR count). The average Bonchev–Trinajstić information content (AvgIpc) is 2.79. The van der Waals surface area contributed by atoms with Gasteiger partial charge < -0.3 is 10.1 Å². The lowest BCUT2D eigenvalue weighted by molar-refractivity contribution is -0.384. The van der Waals surface area contributed by atoms with Crippen LogP contribution in [0.1, 0.15) is 16.7 Å². The molecule has 34 heavy (non-hydrogen) atoms. The van der Waals surface area contributed by atoms with E-state index in [1.165, 1.54) is 31.4 Å². The number of hydrogen-bond acceptors (Lipinski definition) is 6. The molecule has 1 N–H and O–H groups in total. The molecule has 3 aromatic rings. The molecule has 178 valence electrons. The largest absolute Gasteiger partial charge is 0.495 e. The molecule has 0 aliphatic rings. The summed E-state index contributed by atoms with van der Waals surface area (Å²) in [5, 5.41) is 13.7. The number of carbonyl (C=O) groups is 1. The first-order valence-electron chi connectivity index (χ1n) is 10.3. The van der Waals surface area contributed by atoms with Crippen molar-refractivity contribution in [3.8, 4) is 5.75 Å². The van der Waals surface area contributed by atoms with Crippen LogP contribution in [0.4, 0.5) is 17.1 Å². The lowest BCUT2D eigenvalue weighted by atomic mass is 10.1. The summed E-state index contributed by atoms with van der Waals surface area (Å²) >= 11 is 0. The third kappa shape index (κ3) is 5.34. The molecule has 0 heterocycles. The van der Waals surface area contributed by atoms with E-state index in [2.05, 4.69) is 5.32 Å². The second kappa shape index (κ2) is 9.92. The number of nitrogens with one attached hydrogen (secondary N) is 1. The molecule has 0 fully saturated rings. The van der Waals surface area contributed by atoms with Crippen LogP contribution in [0.15, 0.2) is 65.6 Å². The number of ether oxygens (including phenoxy) is 1. The molecule has 0 saturated heterocycles. The number of aryl methyl sites for hydroxylation is 3. The van der Waals surface area contributed by atoms with Gasteiger partial charge in [-0.2, -0.15) is 0 Å². The van der Waals surface area contributed by atoms with E-state index in [4.69, 9.17) is 4.74 Å². The highest BCUT2D eigenvalue weighted by molar-refractivity contribution is 7.92. The zero-order valence-corrected chi connectivity index (χ0v) is 20.0. The summed E-state index contributed by atoms with van der Waals surface area (Å²) in [4.78, 5) is 23.6. The van der Waals surface area contributed by atoms with Gasteiger partial charge in [-0.05, 0) is 62.2 Å². The van der Waals surface area contributed by atoms with Gasteiger partial charge in [-0.25, -0.2) is 8.42 Å². The van der Waals surface area contributed by atoms with Crippen molar-refractivity contribution in [2.75, 3.05) is 23.3 Å². The van der Waals surface area contributed by atoms with Crippen LogP contribution >= 0.6 is 0 Å². The van der Waals surface area contributed by atoms with Gasteiger partial charge in [-0.1, -0.05) is 23.8 Å². The van der Waals surface area contributed by atoms with E-state index in [0.29, 0.717) is 5.69 Å². The third-order valence-electron chi connectivity index (χ3n) is 5.34. The molecule has 0 spiro atoms. The Hall–Kier alpha value is -3.92. The standard InChI is InChI=1S/C24H25N3O6S/c1-16-5-10-21(11-6-16)34(31,32)26(19-8-7-17(2)18(3)13-19)15-24(28)25-22-14-20(27(29)30)9-12-23(22)33-4/h5-14H,15H2,1-4H3,(H,25,28). The molecular weight excluding hydrogens is 458 g/mol. The maximum atomic E-state index is 13.5. The van der Waals surface area contributed by atoms with Gasteiger partial charge in [0.25, 0.3) is 15.7 Å².